The van der Waals surface area contributed by atoms with E-state index in [0.29, 0.717) is 25.3 Å². The van der Waals surface area contributed by atoms with Gasteiger partial charge in [-0.05, 0) is 63.0 Å². The lowest BCUT2D eigenvalue weighted by Gasteiger charge is -2.08. The number of nitrogen functional groups attached to an aromatic ring is 1. The zero-order valence-electron chi connectivity index (χ0n) is 15.4. The van der Waals surface area contributed by atoms with Crippen molar-refractivity contribution in [3.05, 3.63) is 29.8 Å². The highest BCUT2D eigenvalue weighted by Crippen LogP contribution is 2.12. The maximum Gasteiger partial charge on any atom is 0.185 e. The molecule has 1 rings (SSSR count). The molecule has 0 heterocycles. The van der Waals surface area contributed by atoms with Gasteiger partial charge in [0, 0.05) is 25.3 Å². The minimum absolute atomic E-state index is 0.0685. The topological polar surface area (TPSA) is 145 Å². The number of hydrogen-bond donors (Lipinski definition) is 5. The smallest absolute Gasteiger partial charge is 0.185 e. The van der Waals surface area contributed by atoms with Crippen LogP contribution in [0.1, 0.15) is 31.2 Å². The van der Waals surface area contributed by atoms with Gasteiger partial charge in [0.25, 0.3) is 0 Å². The molecule has 0 saturated carbocycles. The van der Waals surface area contributed by atoms with Crippen LogP contribution < -0.4 is 27.3 Å². The maximum atomic E-state index is 7.34. The number of nitrogens with zero attached hydrogens (tertiary/aromatic N) is 1. The van der Waals surface area contributed by atoms with Gasteiger partial charge in [-0.3, -0.25) is 10.4 Å². The molecule has 0 bridgehead atoms. The molecule has 0 fully saturated rings. The van der Waals surface area contributed by atoms with Gasteiger partial charge in [0.2, 0.25) is 0 Å². The van der Waals surface area contributed by atoms with Crippen LogP contribution in [0.4, 0.5) is 0 Å². The molecular formula is C18H32N6O2. The Labute approximate surface area is 155 Å². The normalized spacial score (nSPS) is 10.5. The number of rotatable bonds is 15. The van der Waals surface area contributed by atoms with E-state index in [9.17, 15) is 0 Å². The van der Waals surface area contributed by atoms with Crippen LogP contribution in [0.15, 0.2) is 29.3 Å². The summed E-state index contributed by atoms with van der Waals surface area (Å²) in [5, 5.41) is 10.7. The molecule has 0 atom stereocenters. The molecule has 0 amide bonds. The molecule has 26 heavy (non-hydrogen) atoms. The SMILES string of the molecule is N=C(N)c1ccc(OCCCCNCCCOCCCN=C(N)N)cc1. The molecular weight excluding hydrogens is 332 g/mol. The molecule has 0 unspecified atom stereocenters. The highest BCUT2D eigenvalue weighted by atomic mass is 16.5. The van der Waals surface area contributed by atoms with Crippen molar-refractivity contribution in [2.24, 2.45) is 22.2 Å². The highest BCUT2D eigenvalue weighted by molar-refractivity contribution is 5.94. The first-order valence-electron chi connectivity index (χ1n) is 9.00. The van der Waals surface area contributed by atoms with E-state index in [1.807, 2.05) is 12.1 Å². The summed E-state index contributed by atoms with van der Waals surface area (Å²) in [5.74, 6) is 1.00. The Bertz CT molecular complexity index is 529. The quantitative estimate of drug-likeness (QED) is 0.177. The summed E-state index contributed by atoms with van der Waals surface area (Å²) in [4.78, 5) is 3.89. The van der Waals surface area contributed by atoms with E-state index < -0.39 is 0 Å². The fourth-order valence-corrected chi connectivity index (χ4v) is 2.17. The van der Waals surface area contributed by atoms with Gasteiger partial charge < -0.3 is 32.0 Å². The number of nitrogens with two attached hydrogens (primary N) is 3. The van der Waals surface area contributed by atoms with Gasteiger partial charge >= 0.3 is 0 Å². The van der Waals surface area contributed by atoms with Crippen LogP contribution in [0.5, 0.6) is 5.75 Å². The minimum Gasteiger partial charge on any atom is -0.494 e. The van der Waals surface area contributed by atoms with Gasteiger partial charge in [-0.15, -0.1) is 0 Å². The zero-order chi connectivity index (χ0) is 19.0. The summed E-state index contributed by atoms with van der Waals surface area (Å²) in [6.07, 6.45) is 3.87. The number of benzene rings is 1. The third-order valence-electron chi connectivity index (χ3n) is 3.57. The van der Waals surface area contributed by atoms with Crippen LogP contribution in [-0.4, -0.2) is 51.3 Å². The molecule has 8 heteroatoms. The van der Waals surface area contributed by atoms with Crippen molar-refractivity contribution in [3.8, 4) is 5.75 Å². The third kappa shape index (κ3) is 11.3. The van der Waals surface area contributed by atoms with E-state index in [0.717, 1.165) is 51.1 Å². The molecule has 1 aromatic rings. The standard InChI is InChI=1S/C18H32N6O2/c19-17(20)15-5-7-16(8-6-15)26-14-2-1-9-23-10-3-12-25-13-4-11-24-18(21)22/h5-8,23H,1-4,9-14H2,(H3,19,20)(H4,21,22,24). The van der Waals surface area contributed by atoms with Gasteiger partial charge in [0.1, 0.15) is 11.6 Å². The van der Waals surface area contributed by atoms with Gasteiger partial charge in [0.15, 0.2) is 5.96 Å². The molecule has 1 aromatic carbocycles. The Balaban J connectivity index is 1.86. The minimum atomic E-state index is 0.0685. The first-order chi connectivity index (χ1) is 12.6. The summed E-state index contributed by atoms with van der Waals surface area (Å²) in [6.45, 7) is 4.64. The number of nitrogens with one attached hydrogen (secondary N) is 2. The van der Waals surface area contributed by atoms with Crippen LogP contribution in [0, 0.1) is 5.41 Å². The number of aliphatic imine (C=N–C) groups is 1. The van der Waals surface area contributed by atoms with Crippen molar-refractivity contribution >= 4 is 11.8 Å². The lowest BCUT2D eigenvalue weighted by molar-refractivity contribution is 0.130. The van der Waals surface area contributed by atoms with Crippen molar-refractivity contribution in [2.45, 2.75) is 25.7 Å². The zero-order valence-corrected chi connectivity index (χ0v) is 15.4. The number of ether oxygens (including phenoxy) is 2. The van der Waals surface area contributed by atoms with Crippen LogP contribution in [0.3, 0.4) is 0 Å². The third-order valence-corrected chi connectivity index (χ3v) is 3.57. The molecule has 146 valence electrons. The largest absolute Gasteiger partial charge is 0.494 e. The lowest BCUT2D eigenvalue weighted by Crippen LogP contribution is -2.23. The average molecular weight is 364 g/mol. The number of unbranched alkanes of at least 4 members (excludes halogenated alkanes) is 1. The van der Waals surface area contributed by atoms with E-state index in [2.05, 4.69) is 10.3 Å². The second-order valence-corrected chi connectivity index (χ2v) is 5.87. The molecule has 0 aliphatic heterocycles. The molecule has 8 N–H and O–H groups in total. The molecule has 0 aliphatic rings. The van der Waals surface area contributed by atoms with E-state index >= 15 is 0 Å². The van der Waals surface area contributed by atoms with E-state index in [-0.39, 0.29) is 11.8 Å². The highest BCUT2D eigenvalue weighted by Gasteiger charge is 1.98. The predicted molar refractivity (Wildman–Crippen MR) is 106 cm³/mol. The van der Waals surface area contributed by atoms with E-state index in [4.69, 9.17) is 32.1 Å². The van der Waals surface area contributed by atoms with Crippen molar-refractivity contribution in [2.75, 3.05) is 39.5 Å². The van der Waals surface area contributed by atoms with Crippen molar-refractivity contribution in [3.63, 3.8) is 0 Å². The molecule has 0 aliphatic carbocycles. The summed E-state index contributed by atoms with van der Waals surface area (Å²) in [7, 11) is 0. The Kier molecular flexibility index (Phi) is 11.6. The maximum absolute atomic E-state index is 7.34. The second-order valence-electron chi connectivity index (χ2n) is 5.87. The Morgan fingerprint density at radius 1 is 0.923 bits per heavy atom. The lowest BCUT2D eigenvalue weighted by atomic mass is 10.2. The van der Waals surface area contributed by atoms with Crippen molar-refractivity contribution < 1.29 is 9.47 Å². The fourth-order valence-electron chi connectivity index (χ4n) is 2.17. The number of hydrogen-bond acceptors (Lipinski definition) is 5. The Morgan fingerprint density at radius 3 is 2.31 bits per heavy atom. The molecule has 0 saturated heterocycles. The monoisotopic (exact) mass is 364 g/mol. The molecule has 8 nitrogen and oxygen atoms in total. The summed E-state index contributed by atoms with van der Waals surface area (Å²) in [6, 6.07) is 7.27. The Hall–Kier alpha value is -2.32. The summed E-state index contributed by atoms with van der Waals surface area (Å²) >= 11 is 0. The van der Waals surface area contributed by atoms with Gasteiger partial charge in [-0.2, -0.15) is 0 Å². The van der Waals surface area contributed by atoms with Crippen molar-refractivity contribution in [1.29, 1.82) is 5.41 Å². The number of guanidine groups is 1. The van der Waals surface area contributed by atoms with E-state index in [1.165, 1.54) is 0 Å². The average Bonchev–Trinajstić information content (AvgIpc) is 2.62. The van der Waals surface area contributed by atoms with Crippen LogP contribution in [-0.2, 0) is 4.74 Å². The first kappa shape index (κ1) is 21.7. The summed E-state index contributed by atoms with van der Waals surface area (Å²) < 4.78 is 11.2. The molecule has 0 spiro atoms. The predicted octanol–water partition coefficient (Wildman–Crippen LogP) is 0.789. The van der Waals surface area contributed by atoms with Crippen LogP contribution in [0.25, 0.3) is 0 Å². The van der Waals surface area contributed by atoms with Crippen molar-refractivity contribution in [1.82, 2.24) is 5.32 Å². The van der Waals surface area contributed by atoms with Crippen LogP contribution >= 0.6 is 0 Å². The van der Waals surface area contributed by atoms with E-state index in [1.54, 1.807) is 12.1 Å². The number of amidine groups is 1. The fraction of sp³-hybridized carbons (Fsp3) is 0.556. The second kappa shape index (κ2) is 13.9. The first-order valence-corrected chi connectivity index (χ1v) is 9.00. The molecule has 0 radical (unpaired) electrons. The van der Waals surface area contributed by atoms with Crippen LogP contribution in [0.2, 0.25) is 0 Å². The van der Waals surface area contributed by atoms with Gasteiger partial charge in [-0.1, -0.05) is 0 Å². The Morgan fingerprint density at radius 2 is 1.62 bits per heavy atom. The molecule has 0 aromatic heterocycles. The van der Waals surface area contributed by atoms with Gasteiger partial charge in [-0.25, -0.2) is 0 Å². The summed E-state index contributed by atoms with van der Waals surface area (Å²) in [5.41, 5.74) is 16.6. The van der Waals surface area contributed by atoms with Gasteiger partial charge in [0.05, 0.1) is 6.61 Å².